The first-order chi connectivity index (χ1) is 19.5. The van der Waals surface area contributed by atoms with Crippen molar-refractivity contribution in [3.63, 3.8) is 0 Å². The Bertz CT molecular complexity index is 2240. The van der Waals surface area contributed by atoms with Crippen LogP contribution in [0.15, 0.2) is 115 Å². The normalized spacial score (nSPS) is 12.4. The third-order valence-corrected chi connectivity index (χ3v) is 8.08. The van der Waals surface area contributed by atoms with Gasteiger partial charge >= 0.3 is 0 Å². The van der Waals surface area contributed by atoms with Gasteiger partial charge in [-0.2, -0.15) is 0 Å². The van der Waals surface area contributed by atoms with Gasteiger partial charge < -0.3 is 0 Å². The maximum Gasteiger partial charge on any atom is 0.221 e. The van der Waals surface area contributed by atoms with Crippen molar-refractivity contribution in [3.05, 3.63) is 121 Å². The Hall–Kier alpha value is -4.96. The summed E-state index contributed by atoms with van der Waals surface area (Å²) in [6.07, 6.45) is 0. The van der Waals surface area contributed by atoms with Crippen LogP contribution in [0.5, 0.6) is 0 Å². The second-order valence-corrected chi connectivity index (χ2v) is 11.6. The van der Waals surface area contributed by atoms with Gasteiger partial charge in [-0.3, -0.25) is 8.97 Å². The van der Waals surface area contributed by atoms with E-state index in [-0.39, 0.29) is 5.41 Å². The molecule has 0 bridgehead atoms. The Labute approximate surface area is 232 Å². The second-order valence-electron chi connectivity index (χ2n) is 11.6. The van der Waals surface area contributed by atoms with E-state index in [0.717, 1.165) is 44.6 Å². The zero-order valence-corrected chi connectivity index (χ0v) is 22.8. The summed E-state index contributed by atoms with van der Waals surface area (Å²) in [6.45, 7) is 6.76. The highest BCUT2D eigenvalue weighted by molar-refractivity contribution is 6.10. The number of nitrogens with zero attached hydrogens (tertiary/aromatic N) is 4. The molecule has 0 aliphatic heterocycles. The number of aromatic nitrogens is 4. The molecule has 3 aromatic heterocycles. The maximum atomic E-state index is 5.30. The third kappa shape index (κ3) is 3.32. The van der Waals surface area contributed by atoms with Crippen molar-refractivity contribution in [1.82, 2.24) is 18.9 Å². The van der Waals surface area contributed by atoms with E-state index in [2.05, 4.69) is 133 Å². The molecule has 4 nitrogen and oxygen atoms in total. The van der Waals surface area contributed by atoms with Gasteiger partial charge in [-0.15, -0.1) is 0 Å². The van der Waals surface area contributed by atoms with Gasteiger partial charge in [0.15, 0.2) is 0 Å². The van der Waals surface area contributed by atoms with Crippen molar-refractivity contribution in [1.29, 1.82) is 0 Å². The van der Waals surface area contributed by atoms with E-state index in [9.17, 15) is 0 Å². The molecule has 0 aliphatic carbocycles. The maximum absolute atomic E-state index is 5.30. The van der Waals surface area contributed by atoms with Crippen molar-refractivity contribution in [2.24, 2.45) is 0 Å². The SMILES string of the molecule is CC(C)(C)c1ccc(-c2ccc3c4ccccc4n(-c4nc5ccccc5c5nc6ccccc6n45)c3c2)cc1. The minimum Gasteiger partial charge on any atom is -0.279 e. The van der Waals surface area contributed by atoms with Crippen LogP contribution in [0, 0.1) is 0 Å². The molecule has 0 radical (unpaired) electrons. The van der Waals surface area contributed by atoms with E-state index in [1.807, 2.05) is 12.1 Å². The number of hydrogen-bond donors (Lipinski definition) is 0. The first-order valence-corrected chi connectivity index (χ1v) is 13.8. The highest BCUT2D eigenvalue weighted by Crippen LogP contribution is 2.36. The highest BCUT2D eigenvalue weighted by atomic mass is 15.2. The smallest absolute Gasteiger partial charge is 0.221 e. The molecule has 0 unspecified atom stereocenters. The summed E-state index contributed by atoms with van der Waals surface area (Å²) >= 11 is 0. The molecular formula is C36H28N4. The summed E-state index contributed by atoms with van der Waals surface area (Å²) in [7, 11) is 0. The topological polar surface area (TPSA) is 35.1 Å². The van der Waals surface area contributed by atoms with E-state index in [1.54, 1.807) is 0 Å². The van der Waals surface area contributed by atoms with E-state index < -0.39 is 0 Å². The molecule has 4 heteroatoms. The summed E-state index contributed by atoms with van der Waals surface area (Å²) in [5.74, 6) is 0.842. The van der Waals surface area contributed by atoms with Crippen LogP contribution in [0.3, 0.4) is 0 Å². The lowest BCUT2D eigenvalue weighted by atomic mass is 9.86. The van der Waals surface area contributed by atoms with E-state index in [0.29, 0.717) is 0 Å². The summed E-state index contributed by atoms with van der Waals surface area (Å²) in [5, 5.41) is 3.46. The molecule has 0 N–H and O–H groups in total. The van der Waals surface area contributed by atoms with Crippen molar-refractivity contribution < 1.29 is 0 Å². The Morgan fingerprint density at radius 3 is 1.93 bits per heavy atom. The van der Waals surface area contributed by atoms with Crippen LogP contribution < -0.4 is 0 Å². The summed E-state index contributed by atoms with van der Waals surface area (Å²) in [5.41, 5.74) is 9.95. The number of benzene rings is 5. The van der Waals surface area contributed by atoms with Gasteiger partial charge in [0.05, 0.1) is 27.6 Å². The molecule has 0 amide bonds. The fourth-order valence-electron chi connectivity index (χ4n) is 6.01. The number of fused-ring (bicyclic) bond motifs is 8. The van der Waals surface area contributed by atoms with Gasteiger partial charge in [0.2, 0.25) is 5.95 Å². The summed E-state index contributed by atoms with van der Waals surface area (Å²) < 4.78 is 4.53. The number of para-hydroxylation sites is 4. The molecule has 8 aromatic rings. The van der Waals surface area contributed by atoms with Gasteiger partial charge in [0.25, 0.3) is 0 Å². The van der Waals surface area contributed by atoms with E-state index in [1.165, 1.54) is 27.5 Å². The van der Waals surface area contributed by atoms with Gasteiger partial charge in [-0.25, -0.2) is 9.97 Å². The molecule has 0 atom stereocenters. The minimum absolute atomic E-state index is 0.121. The average Bonchev–Trinajstić information content (AvgIpc) is 3.53. The first-order valence-electron chi connectivity index (χ1n) is 13.8. The predicted octanol–water partition coefficient (Wildman–Crippen LogP) is 9.10. The number of hydrogen-bond acceptors (Lipinski definition) is 2. The molecule has 0 aliphatic rings. The van der Waals surface area contributed by atoms with Crippen LogP contribution in [0.25, 0.3) is 66.5 Å². The molecule has 5 aromatic carbocycles. The number of imidazole rings is 1. The predicted molar refractivity (Wildman–Crippen MR) is 166 cm³/mol. The van der Waals surface area contributed by atoms with Gasteiger partial charge in [-0.1, -0.05) is 99.6 Å². The molecule has 0 fully saturated rings. The Morgan fingerprint density at radius 2 is 1.15 bits per heavy atom. The van der Waals surface area contributed by atoms with Gasteiger partial charge in [0, 0.05) is 16.2 Å². The molecule has 40 heavy (non-hydrogen) atoms. The Morgan fingerprint density at radius 1 is 0.525 bits per heavy atom. The van der Waals surface area contributed by atoms with Crippen molar-refractivity contribution in [2.45, 2.75) is 26.2 Å². The molecule has 3 heterocycles. The van der Waals surface area contributed by atoms with Crippen LogP contribution in [-0.2, 0) is 5.41 Å². The largest absolute Gasteiger partial charge is 0.279 e. The van der Waals surface area contributed by atoms with Gasteiger partial charge in [-0.05, 0) is 58.5 Å². The van der Waals surface area contributed by atoms with E-state index in [4.69, 9.17) is 9.97 Å². The lowest BCUT2D eigenvalue weighted by molar-refractivity contribution is 0.590. The second kappa shape index (κ2) is 8.27. The monoisotopic (exact) mass is 516 g/mol. The zero-order chi connectivity index (χ0) is 27.0. The summed E-state index contributed by atoms with van der Waals surface area (Å²) in [4.78, 5) is 10.4. The first kappa shape index (κ1) is 23.0. The summed E-state index contributed by atoms with van der Waals surface area (Å²) in [6, 6.07) is 41.0. The van der Waals surface area contributed by atoms with Gasteiger partial charge in [0.1, 0.15) is 5.65 Å². The Balaban J connectivity index is 1.48. The van der Waals surface area contributed by atoms with Crippen LogP contribution in [-0.4, -0.2) is 18.9 Å². The third-order valence-electron chi connectivity index (χ3n) is 8.08. The minimum atomic E-state index is 0.121. The van der Waals surface area contributed by atoms with Crippen LogP contribution in [0.1, 0.15) is 26.3 Å². The quantitative estimate of drug-likeness (QED) is 0.230. The van der Waals surface area contributed by atoms with Crippen LogP contribution >= 0.6 is 0 Å². The van der Waals surface area contributed by atoms with E-state index >= 15 is 0 Å². The van der Waals surface area contributed by atoms with Crippen LogP contribution in [0.2, 0.25) is 0 Å². The lowest BCUT2D eigenvalue weighted by Crippen LogP contribution is -2.10. The fourth-order valence-corrected chi connectivity index (χ4v) is 6.01. The molecule has 0 saturated carbocycles. The highest BCUT2D eigenvalue weighted by Gasteiger charge is 2.20. The fraction of sp³-hybridized carbons (Fsp3) is 0.111. The average molecular weight is 517 g/mol. The van der Waals surface area contributed by atoms with Crippen molar-refractivity contribution in [2.75, 3.05) is 0 Å². The number of rotatable bonds is 2. The molecule has 0 saturated heterocycles. The van der Waals surface area contributed by atoms with Crippen molar-refractivity contribution >= 4 is 49.4 Å². The van der Waals surface area contributed by atoms with Crippen molar-refractivity contribution in [3.8, 4) is 17.1 Å². The standard InChI is InChI=1S/C36H28N4/c1-36(2,3)25-19-16-23(17-20-25)24-18-21-27-26-10-5-8-14-31(26)39(33(27)22-24)35-38-29-12-6-4-11-28(29)34-37-30-13-7-9-15-32(30)40(34)35/h4-22H,1-3H3. The Kier molecular flexibility index (Phi) is 4.75. The molecule has 8 rings (SSSR count). The zero-order valence-electron chi connectivity index (χ0n) is 22.8. The van der Waals surface area contributed by atoms with Crippen LogP contribution in [0.4, 0.5) is 0 Å². The molecule has 0 spiro atoms. The molecular weight excluding hydrogens is 488 g/mol. The molecule has 192 valence electrons. The lowest BCUT2D eigenvalue weighted by Gasteiger charge is -2.19.